The molecule has 176 valence electrons. The zero-order valence-corrected chi connectivity index (χ0v) is 20.3. The maximum atomic E-state index is 13.6. The third kappa shape index (κ3) is 5.11. The van der Waals surface area contributed by atoms with Gasteiger partial charge in [-0.1, -0.05) is 31.0 Å². The minimum absolute atomic E-state index is 0.0530. The van der Waals surface area contributed by atoms with Gasteiger partial charge in [0.25, 0.3) is 0 Å². The summed E-state index contributed by atoms with van der Waals surface area (Å²) in [4.78, 5) is 32.1. The number of para-hydroxylation sites is 1. The van der Waals surface area contributed by atoms with E-state index in [-0.39, 0.29) is 30.3 Å². The van der Waals surface area contributed by atoms with Gasteiger partial charge in [0.05, 0.1) is 12.6 Å². The van der Waals surface area contributed by atoms with Gasteiger partial charge in [0.15, 0.2) is 0 Å². The summed E-state index contributed by atoms with van der Waals surface area (Å²) in [5.41, 5.74) is 2.29. The fourth-order valence-electron chi connectivity index (χ4n) is 5.29. The Hall–Kier alpha value is -2.34. The van der Waals surface area contributed by atoms with Crippen LogP contribution < -0.4 is 4.74 Å². The lowest BCUT2D eigenvalue weighted by molar-refractivity contribution is -0.145. The van der Waals surface area contributed by atoms with Gasteiger partial charge < -0.3 is 14.5 Å². The number of carbonyl (C=O) groups is 2. The molecule has 2 aliphatic carbocycles. The molecule has 33 heavy (non-hydrogen) atoms. The standard InChI is InChI=1S/C27H34N2O3S/c1-19-6-2-5-9-24(19)32-18-23-22-13-15-33-25(22)12-14-29(23)26(30)17-28(16-20-10-11-20)27(31)21-7-3-4-8-21/h2,5-6,9,13,15,20-21,23H,3-4,7-8,10-12,14,16-18H2,1H3/t23-/m0/s1. The molecule has 0 bridgehead atoms. The van der Waals surface area contributed by atoms with E-state index in [1.165, 1.54) is 23.3 Å². The van der Waals surface area contributed by atoms with Crippen LogP contribution in [0.3, 0.4) is 0 Å². The molecule has 1 aromatic carbocycles. The van der Waals surface area contributed by atoms with Crippen molar-refractivity contribution in [2.24, 2.45) is 11.8 Å². The zero-order valence-electron chi connectivity index (χ0n) is 19.5. The molecule has 0 saturated heterocycles. The Morgan fingerprint density at radius 2 is 1.91 bits per heavy atom. The van der Waals surface area contributed by atoms with Gasteiger partial charge in [-0.2, -0.15) is 0 Å². The predicted octanol–water partition coefficient (Wildman–Crippen LogP) is 4.99. The summed E-state index contributed by atoms with van der Waals surface area (Å²) in [5, 5.41) is 2.11. The van der Waals surface area contributed by atoms with Crippen LogP contribution in [0.2, 0.25) is 0 Å². The van der Waals surface area contributed by atoms with Crippen LogP contribution in [0.15, 0.2) is 35.7 Å². The van der Waals surface area contributed by atoms with Crippen LogP contribution in [-0.2, 0) is 16.0 Å². The van der Waals surface area contributed by atoms with Crippen molar-refractivity contribution in [2.45, 2.75) is 57.9 Å². The molecular weight excluding hydrogens is 432 g/mol. The first-order valence-corrected chi connectivity index (χ1v) is 13.3. The smallest absolute Gasteiger partial charge is 0.242 e. The van der Waals surface area contributed by atoms with Crippen LogP contribution >= 0.6 is 11.3 Å². The largest absolute Gasteiger partial charge is 0.491 e. The molecule has 5 nitrogen and oxygen atoms in total. The molecule has 1 atom stereocenters. The van der Waals surface area contributed by atoms with Crippen LogP contribution in [0, 0.1) is 18.8 Å². The molecule has 3 aliphatic rings. The second kappa shape index (κ2) is 9.88. The van der Waals surface area contributed by atoms with Crippen LogP contribution in [0.4, 0.5) is 0 Å². The number of benzene rings is 1. The summed E-state index contributed by atoms with van der Waals surface area (Å²) in [6, 6.07) is 10.0. The maximum Gasteiger partial charge on any atom is 0.242 e. The molecular formula is C27H34N2O3S. The van der Waals surface area contributed by atoms with E-state index in [1.54, 1.807) is 11.3 Å². The van der Waals surface area contributed by atoms with Gasteiger partial charge in [0.1, 0.15) is 12.4 Å². The molecule has 2 amide bonds. The van der Waals surface area contributed by atoms with Gasteiger partial charge in [0, 0.05) is 23.9 Å². The molecule has 6 heteroatoms. The third-order valence-electron chi connectivity index (χ3n) is 7.42. The first kappa shape index (κ1) is 22.5. The minimum atomic E-state index is -0.114. The number of hydrogen-bond acceptors (Lipinski definition) is 4. The first-order chi connectivity index (χ1) is 16.1. The van der Waals surface area contributed by atoms with E-state index in [2.05, 4.69) is 11.4 Å². The Kier molecular flexibility index (Phi) is 6.72. The Balaban J connectivity index is 1.32. The lowest BCUT2D eigenvalue weighted by atomic mass is 10.00. The highest BCUT2D eigenvalue weighted by molar-refractivity contribution is 7.10. The Morgan fingerprint density at radius 3 is 2.67 bits per heavy atom. The number of fused-ring (bicyclic) bond motifs is 1. The summed E-state index contributed by atoms with van der Waals surface area (Å²) in [6.07, 6.45) is 7.44. The van der Waals surface area contributed by atoms with E-state index >= 15 is 0 Å². The van der Waals surface area contributed by atoms with Crippen molar-refractivity contribution in [2.75, 3.05) is 26.2 Å². The molecule has 2 aromatic rings. The van der Waals surface area contributed by atoms with Crippen molar-refractivity contribution in [3.8, 4) is 5.75 Å². The van der Waals surface area contributed by atoms with E-state index in [9.17, 15) is 9.59 Å². The lowest BCUT2D eigenvalue weighted by Crippen LogP contribution is -2.49. The molecule has 0 spiro atoms. The van der Waals surface area contributed by atoms with Crippen molar-refractivity contribution in [3.05, 3.63) is 51.7 Å². The molecule has 2 fully saturated rings. The Morgan fingerprint density at radius 1 is 1.12 bits per heavy atom. The number of rotatable bonds is 8. The highest BCUT2D eigenvalue weighted by Crippen LogP contribution is 2.35. The van der Waals surface area contributed by atoms with E-state index in [0.29, 0.717) is 19.1 Å². The molecule has 0 radical (unpaired) electrons. The van der Waals surface area contributed by atoms with Gasteiger partial charge in [0.2, 0.25) is 11.8 Å². The molecule has 0 N–H and O–H groups in total. The van der Waals surface area contributed by atoms with Gasteiger partial charge in [-0.3, -0.25) is 9.59 Å². The fraction of sp³-hybridized carbons (Fsp3) is 0.556. The maximum absolute atomic E-state index is 13.6. The molecule has 1 aromatic heterocycles. The molecule has 0 unspecified atom stereocenters. The SMILES string of the molecule is Cc1ccccc1OC[C@H]1c2ccsc2CCN1C(=O)CN(CC1CC1)C(=O)C1CCCC1. The zero-order chi connectivity index (χ0) is 22.8. The number of thiophene rings is 1. The van der Waals surface area contributed by atoms with Crippen molar-refractivity contribution in [1.82, 2.24) is 9.80 Å². The fourth-order valence-corrected chi connectivity index (χ4v) is 6.22. The van der Waals surface area contributed by atoms with Crippen molar-refractivity contribution in [3.63, 3.8) is 0 Å². The Labute approximate surface area is 200 Å². The monoisotopic (exact) mass is 466 g/mol. The molecule has 2 heterocycles. The van der Waals surface area contributed by atoms with Crippen LogP contribution in [0.1, 0.15) is 60.6 Å². The third-order valence-corrected chi connectivity index (χ3v) is 8.42. The number of carbonyl (C=O) groups excluding carboxylic acids is 2. The number of aryl methyl sites for hydroxylation is 1. The second-order valence-corrected chi connectivity index (χ2v) is 10.9. The van der Waals surface area contributed by atoms with Crippen molar-refractivity contribution < 1.29 is 14.3 Å². The van der Waals surface area contributed by atoms with Gasteiger partial charge in [-0.25, -0.2) is 0 Å². The highest BCUT2D eigenvalue weighted by Gasteiger charge is 2.36. The van der Waals surface area contributed by atoms with Gasteiger partial charge >= 0.3 is 0 Å². The van der Waals surface area contributed by atoms with Crippen LogP contribution in [0.5, 0.6) is 5.75 Å². The minimum Gasteiger partial charge on any atom is -0.491 e. The summed E-state index contributed by atoms with van der Waals surface area (Å²) >= 11 is 1.76. The molecule has 5 rings (SSSR count). The molecule has 2 saturated carbocycles. The molecule has 1 aliphatic heterocycles. The van der Waals surface area contributed by atoms with Crippen molar-refractivity contribution >= 4 is 23.2 Å². The summed E-state index contributed by atoms with van der Waals surface area (Å²) in [5.74, 6) is 1.81. The van der Waals surface area contributed by atoms with Crippen LogP contribution in [0.25, 0.3) is 0 Å². The van der Waals surface area contributed by atoms with Gasteiger partial charge in [-0.15, -0.1) is 11.3 Å². The topological polar surface area (TPSA) is 49.9 Å². The number of amides is 2. The first-order valence-electron chi connectivity index (χ1n) is 12.4. The van der Waals surface area contributed by atoms with E-state index < -0.39 is 0 Å². The van der Waals surface area contributed by atoms with Crippen molar-refractivity contribution in [1.29, 1.82) is 0 Å². The van der Waals surface area contributed by atoms with E-state index in [0.717, 1.165) is 50.0 Å². The van der Waals surface area contributed by atoms with Gasteiger partial charge in [-0.05, 0) is 73.6 Å². The average molecular weight is 467 g/mol. The van der Waals surface area contributed by atoms with E-state index in [4.69, 9.17) is 4.74 Å². The summed E-state index contributed by atoms with van der Waals surface area (Å²) < 4.78 is 6.22. The second-order valence-electron chi connectivity index (χ2n) is 9.87. The predicted molar refractivity (Wildman–Crippen MR) is 130 cm³/mol. The normalized spacial score (nSPS) is 20.5. The number of nitrogens with zero attached hydrogens (tertiary/aromatic N) is 2. The number of hydrogen-bond donors (Lipinski definition) is 0. The number of ether oxygens (including phenoxy) is 1. The highest BCUT2D eigenvalue weighted by atomic mass is 32.1. The van der Waals surface area contributed by atoms with Crippen LogP contribution in [-0.4, -0.2) is 47.9 Å². The lowest BCUT2D eigenvalue weighted by Gasteiger charge is -2.37. The quantitative estimate of drug-likeness (QED) is 0.551. The average Bonchev–Trinajstić information content (AvgIpc) is 3.26. The summed E-state index contributed by atoms with van der Waals surface area (Å²) in [7, 11) is 0. The Bertz CT molecular complexity index is 993. The summed E-state index contributed by atoms with van der Waals surface area (Å²) in [6.45, 7) is 4.09. The van der Waals surface area contributed by atoms with E-state index in [1.807, 2.05) is 41.0 Å².